The Labute approximate surface area is 131 Å². The lowest BCUT2D eigenvalue weighted by molar-refractivity contribution is 0.101. The number of halogens is 2. The van der Waals surface area contributed by atoms with Crippen molar-refractivity contribution in [3.05, 3.63) is 35.7 Å². The van der Waals surface area contributed by atoms with Gasteiger partial charge in [0.15, 0.2) is 10.8 Å². The van der Waals surface area contributed by atoms with Crippen molar-refractivity contribution < 1.29 is 18.1 Å². The number of alkyl halides is 2. The van der Waals surface area contributed by atoms with Crippen molar-refractivity contribution in [2.24, 2.45) is 0 Å². The van der Waals surface area contributed by atoms with Crippen molar-refractivity contribution in [1.82, 2.24) is 10.1 Å². The van der Waals surface area contributed by atoms with Gasteiger partial charge in [0.1, 0.15) is 5.76 Å². The lowest BCUT2D eigenvalue weighted by atomic mass is 10.3. The average Bonchev–Trinajstić information content (AvgIpc) is 3.03. The Morgan fingerprint density at radius 1 is 1.41 bits per heavy atom. The quantitative estimate of drug-likeness (QED) is 0.722. The number of rotatable bonds is 4. The molecular formula is C13H9F2N3O2S2. The standard InChI is InChI=1S/C13H9F2N3O2S2/c1-6-4-9(18-20-6)11(19)17-13-16-8-3-2-7(21-12(14)15)5-10(8)22-13/h2-5,12H,1H3,(H,16,17,19). The summed E-state index contributed by atoms with van der Waals surface area (Å²) < 4.78 is 30.3. The fourth-order valence-corrected chi connectivity index (χ4v) is 3.28. The number of carbonyl (C=O) groups is 1. The molecule has 0 radical (unpaired) electrons. The molecule has 114 valence electrons. The van der Waals surface area contributed by atoms with Crippen LogP contribution in [0.1, 0.15) is 16.2 Å². The first-order valence-electron chi connectivity index (χ1n) is 6.11. The number of anilines is 1. The Morgan fingerprint density at radius 2 is 2.23 bits per heavy atom. The van der Waals surface area contributed by atoms with Gasteiger partial charge in [-0.05, 0) is 25.1 Å². The highest BCUT2D eigenvalue weighted by molar-refractivity contribution is 7.99. The van der Waals surface area contributed by atoms with E-state index in [4.69, 9.17) is 4.52 Å². The van der Waals surface area contributed by atoms with E-state index in [1.54, 1.807) is 25.1 Å². The third-order valence-electron chi connectivity index (χ3n) is 2.67. The van der Waals surface area contributed by atoms with Gasteiger partial charge in [0.25, 0.3) is 11.7 Å². The summed E-state index contributed by atoms with van der Waals surface area (Å²) >= 11 is 1.68. The summed E-state index contributed by atoms with van der Waals surface area (Å²) in [4.78, 5) is 16.6. The third kappa shape index (κ3) is 3.25. The van der Waals surface area contributed by atoms with E-state index in [0.717, 1.165) is 4.70 Å². The largest absolute Gasteiger partial charge is 0.361 e. The molecule has 0 saturated carbocycles. The summed E-state index contributed by atoms with van der Waals surface area (Å²) in [7, 11) is 0. The molecule has 0 saturated heterocycles. The van der Waals surface area contributed by atoms with Gasteiger partial charge >= 0.3 is 0 Å². The van der Waals surface area contributed by atoms with Gasteiger partial charge in [0.2, 0.25) is 0 Å². The van der Waals surface area contributed by atoms with Crippen LogP contribution in [0.3, 0.4) is 0 Å². The summed E-state index contributed by atoms with van der Waals surface area (Å²) in [6.45, 7) is 1.68. The maximum Gasteiger partial charge on any atom is 0.288 e. The van der Waals surface area contributed by atoms with Gasteiger partial charge in [0, 0.05) is 11.0 Å². The first-order valence-corrected chi connectivity index (χ1v) is 7.81. The van der Waals surface area contributed by atoms with Crippen molar-refractivity contribution in [2.45, 2.75) is 17.6 Å². The Morgan fingerprint density at radius 3 is 2.91 bits per heavy atom. The molecule has 22 heavy (non-hydrogen) atoms. The van der Waals surface area contributed by atoms with Crippen LogP contribution in [0.25, 0.3) is 10.2 Å². The number of hydrogen-bond donors (Lipinski definition) is 1. The Bertz CT molecular complexity index is 832. The first-order chi connectivity index (χ1) is 10.5. The van der Waals surface area contributed by atoms with Gasteiger partial charge in [-0.2, -0.15) is 8.78 Å². The Kier molecular flexibility index (Phi) is 4.08. The highest BCUT2D eigenvalue weighted by Crippen LogP contribution is 2.32. The number of hydrogen-bond acceptors (Lipinski definition) is 6. The number of aryl methyl sites for hydroxylation is 1. The van der Waals surface area contributed by atoms with Crippen molar-refractivity contribution in [3.63, 3.8) is 0 Å². The van der Waals surface area contributed by atoms with Gasteiger partial charge in [-0.15, -0.1) is 0 Å². The van der Waals surface area contributed by atoms with Gasteiger partial charge in [-0.25, -0.2) is 4.98 Å². The maximum absolute atomic E-state index is 12.4. The molecule has 1 amide bonds. The molecule has 3 aromatic rings. The number of benzene rings is 1. The molecule has 5 nitrogen and oxygen atoms in total. The molecule has 0 aliphatic rings. The molecule has 0 atom stereocenters. The normalized spacial score (nSPS) is 11.3. The molecule has 1 N–H and O–H groups in total. The van der Waals surface area contributed by atoms with Gasteiger partial charge in [0.05, 0.1) is 10.2 Å². The molecule has 2 aromatic heterocycles. The van der Waals surface area contributed by atoms with Crippen molar-refractivity contribution in [1.29, 1.82) is 0 Å². The van der Waals surface area contributed by atoms with E-state index in [0.29, 0.717) is 33.1 Å². The van der Waals surface area contributed by atoms with E-state index in [9.17, 15) is 13.6 Å². The second-order valence-corrected chi connectivity index (χ2v) is 6.40. The van der Waals surface area contributed by atoms with Gasteiger partial charge < -0.3 is 4.52 Å². The van der Waals surface area contributed by atoms with E-state index in [1.165, 1.54) is 17.4 Å². The van der Waals surface area contributed by atoms with E-state index < -0.39 is 11.7 Å². The van der Waals surface area contributed by atoms with Crippen LogP contribution < -0.4 is 5.32 Å². The zero-order valence-electron chi connectivity index (χ0n) is 11.2. The van der Waals surface area contributed by atoms with E-state index >= 15 is 0 Å². The number of fused-ring (bicyclic) bond motifs is 1. The van der Waals surface area contributed by atoms with Crippen LogP contribution in [-0.2, 0) is 0 Å². The molecule has 0 fully saturated rings. The van der Waals surface area contributed by atoms with Crippen LogP contribution in [0, 0.1) is 6.92 Å². The number of carbonyl (C=O) groups excluding carboxylic acids is 1. The maximum atomic E-state index is 12.4. The minimum Gasteiger partial charge on any atom is -0.361 e. The number of nitrogens with zero attached hydrogens (tertiary/aromatic N) is 2. The summed E-state index contributed by atoms with van der Waals surface area (Å²) in [5.74, 6) is -2.37. The van der Waals surface area contributed by atoms with Crippen molar-refractivity contribution >= 4 is 44.4 Å². The molecule has 0 aliphatic carbocycles. The van der Waals surface area contributed by atoms with Crippen LogP contribution in [0.5, 0.6) is 0 Å². The average molecular weight is 341 g/mol. The Hall–Kier alpha value is -2.00. The van der Waals surface area contributed by atoms with Crippen molar-refractivity contribution in [3.8, 4) is 0 Å². The Balaban J connectivity index is 1.81. The molecule has 0 unspecified atom stereocenters. The lowest BCUT2D eigenvalue weighted by Crippen LogP contribution is -2.11. The first kappa shape index (κ1) is 14.9. The monoisotopic (exact) mass is 341 g/mol. The number of thiazole rings is 1. The fourth-order valence-electron chi connectivity index (χ4n) is 1.77. The summed E-state index contributed by atoms with van der Waals surface area (Å²) in [5.41, 5.74) is 0.793. The second-order valence-electron chi connectivity index (χ2n) is 4.30. The van der Waals surface area contributed by atoms with E-state index in [2.05, 4.69) is 15.5 Å². The van der Waals surface area contributed by atoms with E-state index in [1.807, 2.05) is 0 Å². The van der Waals surface area contributed by atoms with Crippen LogP contribution in [0.15, 0.2) is 33.7 Å². The zero-order valence-corrected chi connectivity index (χ0v) is 12.8. The van der Waals surface area contributed by atoms with Crippen LogP contribution >= 0.6 is 23.1 Å². The topological polar surface area (TPSA) is 68.0 Å². The number of aromatic nitrogens is 2. The predicted octanol–water partition coefficient (Wildman–Crippen LogP) is 4.16. The molecule has 9 heteroatoms. The third-order valence-corrected chi connectivity index (χ3v) is 4.30. The van der Waals surface area contributed by atoms with Crippen molar-refractivity contribution in [2.75, 3.05) is 5.32 Å². The van der Waals surface area contributed by atoms with Crippen LogP contribution in [0.4, 0.5) is 13.9 Å². The molecule has 0 bridgehead atoms. The summed E-state index contributed by atoms with van der Waals surface area (Å²) in [6, 6.07) is 6.36. The molecule has 0 aliphatic heterocycles. The van der Waals surface area contributed by atoms with E-state index in [-0.39, 0.29) is 5.69 Å². The molecule has 0 spiro atoms. The number of thioether (sulfide) groups is 1. The smallest absolute Gasteiger partial charge is 0.288 e. The summed E-state index contributed by atoms with van der Waals surface area (Å²) in [5, 5.41) is 6.60. The fraction of sp³-hybridized carbons (Fsp3) is 0.154. The molecule has 3 rings (SSSR count). The van der Waals surface area contributed by atoms with Crippen LogP contribution in [0.2, 0.25) is 0 Å². The minimum atomic E-state index is -2.47. The number of amides is 1. The minimum absolute atomic E-state index is 0.158. The molecular weight excluding hydrogens is 332 g/mol. The predicted molar refractivity (Wildman–Crippen MR) is 80.7 cm³/mol. The molecule has 2 heterocycles. The highest BCUT2D eigenvalue weighted by atomic mass is 32.2. The summed E-state index contributed by atoms with van der Waals surface area (Å²) in [6.07, 6.45) is 0. The second kappa shape index (κ2) is 6.01. The lowest BCUT2D eigenvalue weighted by Gasteiger charge is -1.98. The SMILES string of the molecule is Cc1cc(C(=O)Nc2nc3ccc(SC(F)F)cc3s2)no1. The zero-order chi connectivity index (χ0) is 15.7. The molecule has 1 aromatic carbocycles. The van der Waals surface area contributed by atoms with Gasteiger partial charge in [-0.1, -0.05) is 28.3 Å². The highest BCUT2D eigenvalue weighted by Gasteiger charge is 2.14. The van der Waals surface area contributed by atoms with Crippen LogP contribution in [-0.4, -0.2) is 21.8 Å². The van der Waals surface area contributed by atoms with Gasteiger partial charge in [-0.3, -0.25) is 10.1 Å². The number of nitrogens with one attached hydrogen (secondary N) is 1.